The Bertz CT molecular complexity index is 491. The lowest BCUT2D eigenvalue weighted by Gasteiger charge is -2.13. The molecule has 0 radical (unpaired) electrons. The lowest BCUT2D eigenvalue weighted by molar-refractivity contribution is -0.114. The Labute approximate surface area is 122 Å². The van der Waals surface area contributed by atoms with E-state index in [4.69, 9.17) is 0 Å². The average Bonchev–Trinajstić information content (AvgIpc) is 2.58. The molecule has 0 saturated carbocycles. The van der Waals surface area contributed by atoms with Crippen molar-refractivity contribution in [2.75, 3.05) is 20.6 Å². The fraction of sp³-hybridized carbons (Fsp3) is 0.571. The van der Waals surface area contributed by atoms with E-state index in [1.807, 2.05) is 25.0 Å². The highest BCUT2D eigenvalue weighted by molar-refractivity contribution is 9.10. The molecule has 1 aromatic heterocycles. The summed E-state index contributed by atoms with van der Waals surface area (Å²) in [4.78, 5) is 13.9. The van der Waals surface area contributed by atoms with Crippen LogP contribution < -0.4 is 0 Å². The van der Waals surface area contributed by atoms with Crippen LogP contribution in [0.15, 0.2) is 16.7 Å². The molecule has 2 rings (SSSR count). The fourth-order valence-electron chi connectivity index (χ4n) is 2.29. The van der Waals surface area contributed by atoms with Gasteiger partial charge >= 0.3 is 0 Å². The highest BCUT2D eigenvalue weighted by Gasteiger charge is 2.17. The van der Waals surface area contributed by atoms with Gasteiger partial charge in [-0.15, -0.1) is 0 Å². The van der Waals surface area contributed by atoms with E-state index in [9.17, 15) is 4.79 Å². The van der Waals surface area contributed by atoms with Gasteiger partial charge in [-0.2, -0.15) is 5.10 Å². The first kappa shape index (κ1) is 14.5. The SMILES string of the molecule is CN(C)CCn1ncc(Br)c1C1=CC(=O)CCCC1. The number of rotatable bonds is 4. The van der Waals surface area contributed by atoms with E-state index in [2.05, 4.69) is 25.9 Å². The Morgan fingerprint density at radius 2 is 2.11 bits per heavy atom. The topological polar surface area (TPSA) is 38.1 Å². The van der Waals surface area contributed by atoms with Crippen LogP contribution in [-0.4, -0.2) is 41.1 Å². The molecule has 0 atom stereocenters. The molecular formula is C14H20BrN3O. The van der Waals surface area contributed by atoms with Crippen molar-refractivity contribution in [3.05, 3.63) is 22.4 Å². The minimum Gasteiger partial charge on any atom is -0.308 e. The Morgan fingerprint density at radius 1 is 1.37 bits per heavy atom. The summed E-state index contributed by atoms with van der Waals surface area (Å²) in [6.45, 7) is 1.77. The summed E-state index contributed by atoms with van der Waals surface area (Å²) >= 11 is 3.56. The maximum atomic E-state index is 11.7. The molecule has 19 heavy (non-hydrogen) atoms. The van der Waals surface area contributed by atoms with E-state index in [1.165, 1.54) is 0 Å². The number of carbonyl (C=O) groups excluding carboxylic acids is 1. The molecule has 5 heteroatoms. The maximum absolute atomic E-state index is 11.7. The second-order valence-corrected chi connectivity index (χ2v) is 6.06. The van der Waals surface area contributed by atoms with E-state index < -0.39 is 0 Å². The van der Waals surface area contributed by atoms with Crippen molar-refractivity contribution >= 4 is 27.3 Å². The van der Waals surface area contributed by atoms with Crippen LogP contribution in [0.3, 0.4) is 0 Å². The molecule has 4 nitrogen and oxygen atoms in total. The Hall–Kier alpha value is -0.940. The van der Waals surface area contributed by atoms with Crippen LogP contribution in [0.4, 0.5) is 0 Å². The van der Waals surface area contributed by atoms with Crippen LogP contribution in [0.2, 0.25) is 0 Å². The number of hydrogen-bond acceptors (Lipinski definition) is 3. The van der Waals surface area contributed by atoms with Gasteiger partial charge in [0.25, 0.3) is 0 Å². The Kier molecular flexibility index (Phi) is 4.93. The molecule has 0 aromatic carbocycles. The Morgan fingerprint density at radius 3 is 2.84 bits per heavy atom. The second kappa shape index (κ2) is 6.48. The summed E-state index contributed by atoms with van der Waals surface area (Å²) < 4.78 is 2.97. The molecule has 1 aliphatic carbocycles. The zero-order chi connectivity index (χ0) is 13.8. The third-order valence-corrected chi connectivity index (χ3v) is 3.89. The van der Waals surface area contributed by atoms with Crippen molar-refractivity contribution in [1.29, 1.82) is 0 Å². The molecule has 0 N–H and O–H groups in total. The second-order valence-electron chi connectivity index (χ2n) is 5.21. The van der Waals surface area contributed by atoms with Gasteiger partial charge in [0.15, 0.2) is 5.78 Å². The van der Waals surface area contributed by atoms with Gasteiger partial charge in [-0.1, -0.05) is 0 Å². The van der Waals surface area contributed by atoms with Gasteiger partial charge in [0, 0.05) is 13.0 Å². The number of carbonyl (C=O) groups is 1. The van der Waals surface area contributed by atoms with Gasteiger partial charge in [0.1, 0.15) is 0 Å². The lowest BCUT2D eigenvalue weighted by atomic mass is 10.1. The monoisotopic (exact) mass is 325 g/mol. The zero-order valence-corrected chi connectivity index (χ0v) is 13.1. The molecule has 1 aliphatic rings. The third kappa shape index (κ3) is 3.76. The molecule has 1 heterocycles. The normalized spacial score (nSPS) is 16.6. The van der Waals surface area contributed by atoms with E-state index in [0.717, 1.165) is 48.1 Å². The zero-order valence-electron chi connectivity index (χ0n) is 11.5. The number of likely N-dealkylation sites (N-methyl/N-ethyl adjacent to an activating group) is 1. The molecule has 0 bridgehead atoms. The molecule has 1 aromatic rings. The van der Waals surface area contributed by atoms with Gasteiger partial charge in [0.05, 0.1) is 22.9 Å². The minimum atomic E-state index is 0.236. The van der Waals surface area contributed by atoms with E-state index in [-0.39, 0.29) is 5.78 Å². The largest absolute Gasteiger partial charge is 0.308 e. The fourth-order valence-corrected chi connectivity index (χ4v) is 2.84. The highest BCUT2D eigenvalue weighted by atomic mass is 79.9. The van der Waals surface area contributed by atoms with Crippen LogP contribution in [-0.2, 0) is 11.3 Å². The summed E-state index contributed by atoms with van der Waals surface area (Å²) in [6.07, 6.45) is 7.32. The van der Waals surface area contributed by atoms with Gasteiger partial charge < -0.3 is 4.90 Å². The van der Waals surface area contributed by atoms with Crippen molar-refractivity contribution in [2.24, 2.45) is 0 Å². The first-order chi connectivity index (χ1) is 9.08. The van der Waals surface area contributed by atoms with Crippen LogP contribution in [0.1, 0.15) is 31.4 Å². The number of hydrogen-bond donors (Lipinski definition) is 0. The molecule has 0 amide bonds. The van der Waals surface area contributed by atoms with Crippen molar-refractivity contribution in [1.82, 2.24) is 14.7 Å². The van der Waals surface area contributed by atoms with E-state index in [1.54, 1.807) is 6.08 Å². The molecule has 104 valence electrons. The third-order valence-electron chi connectivity index (χ3n) is 3.31. The maximum Gasteiger partial charge on any atom is 0.156 e. The molecular weight excluding hydrogens is 306 g/mol. The van der Waals surface area contributed by atoms with Crippen LogP contribution in [0.25, 0.3) is 5.57 Å². The number of aromatic nitrogens is 2. The highest BCUT2D eigenvalue weighted by Crippen LogP contribution is 2.30. The molecule has 0 spiro atoms. The van der Waals surface area contributed by atoms with Crippen LogP contribution >= 0.6 is 15.9 Å². The first-order valence-corrected chi connectivity index (χ1v) is 7.47. The summed E-state index contributed by atoms with van der Waals surface area (Å²) in [6, 6.07) is 0. The first-order valence-electron chi connectivity index (χ1n) is 6.67. The molecule has 0 aliphatic heterocycles. The molecule has 0 unspecified atom stereocenters. The van der Waals surface area contributed by atoms with Crippen molar-refractivity contribution in [2.45, 2.75) is 32.2 Å². The number of halogens is 1. The lowest BCUT2D eigenvalue weighted by Crippen LogP contribution is -2.20. The van der Waals surface area contributed by atoms with Crippen molar-refractivity contribution in [3.8, 4) is 0 Å². The van der Waals surface area contributed by atoms with Gasteiger partial charge in [-0.05, 0) is 60.9 Å². The molecule has 0 saturated heterocycles. The molecule has 0 fully saturated rings. The predicted octanol–water partition coefficient (Wildman–Crippen LogP) is 2.73. The van der Waals surface area contributed by atoms with Gasteiger partial charge in [-0.25, -0.2) is 0 Å². The summed E-state index contributed by atoms with van der Waals surface area (Å²) in [5.41, 5.74) is 2.18. The van der Waals surface area contributed by atoms with Gasteiger partial charge in [-0.3, -0.25) is 9.48 Å². The number of nitrogens with zero attached hydrogens (tertiary/aromatic N) is 3. The minimum absolute atomic E-state index is 0.236. The number of ketones is 1. The van der Waals surface area contributed by atoms with Crippen molar-refractivity contribution in [3.63, 3.8) is 0 Å². The van der Waals surface area contributed by atoms with Crippen molar-refractivity contribution < 1.29 is 4.79 Å². The van der Waals surface area contributed by atoms with Crippen LogP contribution in [0, 0.1) is 0 Å². The summed E-state index contributed by atoms with van der Waals surface area (Å²) in [5, 5.41) is 4.41. The quantitative estimate of drug-likeness (QED) is 0.854. The van der Waals surface area contributed by atoms with E-state index in [0.29, 0.717) is 6.42 Å². The summed E-state index contributed by atoms with van der Waals surface area (Å²) in [5.74, 6) is 0.236. The average molecular weight is 326 g/mol. The predicted molar refractivity (Wildman–Crippen MR) is 79.9 cm³/mol. The number of allylic oxidation sites excluding steroid dienone is 2. The smallest absolute Gasteiger partial charge is 0.156 e. The van der Waals surface area contributed by atoms with Gasteiger partial charge in [0.2, 0.25) is 0 Å². The van der Waals surface area contributed by atoms with E-state index >= 15 is 0 Å². The summed E-state index contributed by atoms with van der Waals surface area (Å²) in [7, 11) is 4.10. The Balaban J connectivity index is 2.27. The van der Waals surface area contributed by atoms with Crippen LogP contribution in [0.5, 0.6) is 0 Å². The standard InChI is InChI=1S/C14H20BrN3O/c1-17(2)7-8-18-14(13(15)10-16-18)11-5-3-4-6-12(19)9-11/h9-10H,3-8H2,1-2H3.